The van der Waals surface area contributed by atoms with Crippen LogP contribution in [0.15, 0.2) is 47.4 Å². The van der Waals surface area contributed by atoms with Crippen LogP contribution in [0.2, 0.25) is 0 Å². The molecule has 2 aromatic carbocycles. The molecular formula is C13H10ClFO3S. The van der Waals surface area contributed by atoms with Gasteiger partial charge in [-0.2, -0.15) is 0 Å². The molecule has 0 unspecified atom stereocenters. The lowest BCUT2D eigenvalue weighted by molar-refractivity contribution is 0.415. The van der Waals surface area contributed by atoms with Crippen LogP contribution in [0.4, 0.5) is 4.39 Å². The number of hydrogen-bond acceptors (Lipinski definition) is 3. The highest BCUT2D eigenvalue weighted by Crippen LogP contribution is 2.28. The molecule has 0 radical (unpaired) electrons. The predicted octanol–water partition coefficient (Wildman–Crippen LogP) is 3.43. The van der Waals surface area contributed by atoms with Crippen LogP contribution in [0.1, 0.15) is 0 Å². The third kappa shape index (κ3) is 3.05. The SMILES string of the molecule is COc1cccc(-c2ccc(F)c(S(=O)(=O)Cl)c2)c1. The number of ether oxygens (including phenoxy) is 1. The van der Waals surface area contributed by atoms with E-state index in [2.05, 4.69) is 0 Å². The van der Waals surface area contributed by atoms with E-state index in [0.29, 0.717) is 16.9 Å². The maximum Gasteiger partial charge on any atom is 0.264 e. The number of rotatable bonds is 3. The molecule has 0 bridgehead atoms. The van der Waals surface area contributed by atoms with Crippen molar-refractivity contribution in [1.29, 1.82) is 0 Å². The second-order valence-corrected chi connectivity index (χ2v) is 6.35. The van der Waals surface area contributed by atoms with Crippen molar-refractivity contribution in [3.63, 3.8) is 0 Å². The fraction of sp³-hybridized carbons (Fsp3) is 0.0769. The Morgan fingerprint density at radius 3 is 2.42 bits per heavy atom. The van der Waals surface area contributed by atoms with Gasteiger partial charge in [0.25, 0.3) is 9.05 Å². The first kappa shape index (κ1) is 13.8. The summed E-state index contributed by atoms with van der Waals surface area (Å²) in [6.07, 6.45) is 0. The van der Waals surface area contributed by atoms with Crippen LogP contribution in [0.3, 0.4) is 0 Å². The Kier molecular flexibility index (Phi) is 3.78. The van der Waals surface area contributed by atoms with Gasteiger partial charge >= 0.3 is 0 Å². The van der Waals surface area contributed by atoms with E-state index < -0.39 is 19.8 Å². The van der Waals surface area contributed by atoms with Crippen LogP contribution < -0.4 is 4.74 Å². The molecule has 0 fully saturated rings. The Morgan fingerprint density at radius 2 is 1.79 bits per heavy atom. The van der Waals surface area contributed by atoms with Crippen molar-refractivity contribution in [2.75, 3.05) is 7.11 Å². The zero-order valence-corrected chi connectivity index (χ0v) is 11.5. The Hall–Kier alpha value is -1.59. The lowest BCUT2D eigenvalue weighted by Crippen LogP contribution is -1.96. The van der Waals surface area contributed by atoms with Gasteiger partial charge in [0.1, 0.15) is 16.5 Å². The number of halogens is 2. The lowest BCUT2D eigenvalue weighted by Gasteiger charge is -2.06. The van der Waals surface area contributed by atoms with Gasteiger partial charge in [0.15, 0.2) is 0 Å². The molecule has 2 aromatic rings. The molecule has 0 saturated carbocycles. The van der Waals surface area contributed by atoms with Gasteiger partial charge in [-0.25, -0.2) is 12.8 Å². The predicted molar refractivity (Wildman–Crippen MR) is 71.4 cm³/mol. The van der Waals surface area contributed by atoms with Gasteiger partial charge < -0.3 is 4.74 Å². The summed E-state index contributed by atoms with van der Waals surface area (Å²) in [4.78, 5) is -0.533. The van der Waals surface area contributed by atoms with E-state index in [1.54, 1.807) is 24.3 Å². The van der Waals surface area contributed by atoms with Crippen LogP contribution in [0.5, 0.6) is 5.75 Å². The summed E-state index contributed by atoms with van der Waals surface area (Å²) in [5.74, 6) is -0.251. The summed E-state index contributed by atoms with van der Waals surface area (Å²) in [6.45, 7) is 0. The van der Waals surface area contributed by atoms with Gasteiger partial charge in [-0.05, 0) is 35.4 Å². The number of methoxy groups -OCH3 is 1. The summed E-state index contributed by atoms with van der Waals surface area (Å²) in [7, 11) is 2.60. The topological polar surface area (TPSA) is 43.4 Å². The van der Waals surface area contributed by atoms with E-state index in [-0.39, 0.29) is 0 Å². The van der Waals surface area contributed by atoms with E-state index in [0.717, 1.165) is 6.07 Å². The Bertz CT molecular complexity index is 714. The van der Waals surface area contributed by atoms with E-state index in [1.165, 1.54) is 19.2 Å². The molecule has 3 nitrogen and oxygen atoms in total. The molecule has 0 amide bonds. The Labute approximate surface area is 115 Å². The summed E-state index contributed by atoms with van der Waals surface area (Å²) >= 11 is 0. The van der Waals surface area contributed by atoms with E-state index in [9.17, 15) is 12.8 Å². The van der Waals surface area contributed by atoms with Crippen molar-refractivity contribution >= 4 is 19.7 Å². The second kappa shape index (κ2) is 5.19. The molecule has 0 aliphatic heterocycles. The van der Waals surface area contributed by atoms with Crippen molar-refractivity contribution in [3.05, 3.63) is 48.3 Å². The highest BCUT2D eigenvalue weighted by molar-refractivity contribution is 8.13. The fourth-order valence-corrected chi connectivity index (χ4v) is 2.60. The Morgan fingerprint density at radius 1 is 1.11 bits per heavy atom. The average molecular weight is 301 g/mol. The molecule has 0 spiro atoms. The number of benzene rings is 2. The fourth-order valence-electron chi connectivity index (χ4n) is 1.67. The molecule has 2 rings (SSSR count). The zero-order valence-electron chi connectivity index (χ0n) is 9.93. The molecule has 19 heavy (non-hydrogen) atoms. The molecule has 0 aliphatic rings. The summed E-state index contributed by atoms with van der Waals surface area (Å²) in [6, 6.07) is 10.8. The largest absolute Gasteiger partial charge is 0.497 e. The van der Waals surface area contributed by atoms with Crippen LogP contribution >= 0.6 is 10.7 Å². The lowest BCUT2D eigenvalue weighted by atomic mass is 10.1. The Balaban J connectivity index is 2.57. The van der Waals surface area contributed by atoms with Crippen molar-refractivity contribution in [1.82, 2.24) is 0 Å². The van der Waals surface area contributed by atoms with Crippen molar-refractivity contribution in [2.45, 2.75) is 4.90 Å². The molecule has 0 N–H and O–H groups in total. The smallest absolute Gasteiger partial charge is 0.264 e. The van der Waals surface area contributed by atoms with Crippen molar-refractivity contribution in [2.24, 2.45) is 0 Å². The molecule has 100 valence electrons. The van der Waals surface area contributed by atoms with Gasteiger partial charge in [0, 0.05) is 10.7 Å². The summed E-state index contributed by atoms with van der Waals surface area (Å²) in [5, 5.41) is 0. The average Bonchev–Trinajstić information content (AvgIpc) is 2.38. The van der Waals surface area contributed by atoms with E-state index in [4.69, 9.17) is 15.4 Å². The second-order valence-electron chi connectivity index (χ2n) is 3.82. The molecule has 0 aromatic heterocycles. The first-order chi connectivity index (χ1) is 8.91. The summed E-state index contributed by atoms with van der Waals surface area (Å²) < 4.78 is 41.0. The number of hydrogen-bond donors (Lipinski definition) is 0. The van der Waals surface area contributed by atoms with Gasteiger partial charge in [0.05, 0.1) is 7.11 Å². The van der Waals surface area contributed by atoms with Gasteiger partial charge in [-0.15, -0.1) is 0 Å². The standard InChI is InChI=1S/C13H10ClFO3S/c1-18-11-4-2-3-9(7-11)10-5-6-12(15)13(8-10)19(14,16)17/h2-8H,1H3. The van der Waals surface area contributed by atoms with Crippen LogP contribution in [-0.4, -0.2) is 15.5 Å². The van der Waals surface area contributed by atoms with Crippen molar-refractivity contribution < 1.29 is 17.5 Å². The van der Waals surface area contributed by atoms with E-state index >= 15 is 0 Å². The highest BCUT2D eigenvalue weighted by atomic mass is 35.7. The first-order valence-electron chi connectivity index (χ1n) is 5.30. The van der Waals surface area contributed by atoms with Crippen LogP contribution in [-0.2, 0) is 9.05 Å². The highest BCUT2D eigenvalue weighted by Gasteiger charge is 2.17. The molecule has 0 saturated heterocycles. The van der Waals surface area contributed by atoms with Gasteiger partial charge in [-0.3, -0.25) is 0 Å². The minimum Gasteiger partial charge on any atom is -0.497 e. The molecule has 0 aliphatic carbocycles. The summed E-state index contributed by atoms with van der Waals surface area (Å²) in [5.41, 5.74) is 1.25. The van der Waals surface area contributed by atoms with Gasteiger partial charge in [0.2, 0.25) is 0 Å². The molecular weight excluding hydrogens is 291 g/mol. The normalized spacial score (nSPS) is 11.3. The minimum absolute atomic E-state index is 0.533. The zero-order chi connectivity index (χ0) is 14.0. The van der Waals surface area contributed by atoms with Gasteiger partial charge in [-0.1, -0.05) is 18.2 Å². The molecule has 6 heteroatoms. The van der Waals surface area contributed by atoms with Crippen LogP contribution in [0, 0.1) is 5.82 Å². The van der Waals surface area contributed by atoms with Crippen LogP contribution in [0.25, 0.3) is 11.1 Å². The molecule has 0 heterocycles. The maximum absolute atomic E-state index is 13.4. The van der Waals surface area contributed by atoms with E-state index in [1.807, 2.05) is 0 Å². The third-order valence-electron chi connectivity index (χ3n) is 2.60. The van der Waals surface area contributed by atoms with Crippen molar-refractivity contribution in [3.8, 4) is 16.9 Å². The first-order valence-corrected chi connectivity index (χ1v) is 7.61. The monoisotopic (exact) mass is 300 g/mol. The third-order valence-corrected chi connectivity index (χ3v) is 3.93. The quantitative estimate of drug-likeness (QED) is 0.816. The maximum atomic E-state index is 13.4. The molecule has 0 atom stereocenters. The minimum atomic E-state index is -4.11.